The van der Waals surface area contributed by atoms with Gasteiger partial charge in [0.15, 0.2) is 0 Å². The van der Waals surface area contributed by atoms with E-state index in [0.717, 1.165) is 25.3 Å². The number of imidazole rings is 1. The van der Waals surface area contributed by atoms with Gasteiger partial charge in [0.25, 0.3) is 0 Å². The lowest BCUT2D eigenvalue weighted by Gasteiger charge is -2.08. The summed E-state index contributed by atoms with van der Waals surface area (Å²) in [6.45, 7) is 5.01. The topological polar surface area (TPSA) is 45.6 Å². The summed E-state index contributed by atoms with van der Waals surface area (Å²) >= 11 is 0. The van der Waals surface area contributed by atoms with Crippen LogP contribution < -0.4 is 5.32 Å². The second kappa shape index (κ2) is 5.51. The van der Waals surface area contributed by atoms with Gasteiger partial charge in [-0.15, -0.1) is 0 Å². The van der Waals surface area contributed by atoms with Gasteiger partial charge in [-0.2, -0.15) is 0 Å². The van der Waals surface area contributed by atoms with Gasteiger partial charge in [0.1, 0.15) is 0 Å². The molecule has 0 unspecified atom stereocenters. The minimum Gasteiger partial charge on any atom is -0.350 e. The number of hydrogen-bond donors (Lipinski definition) is 2. The van der Waals surface area contributed by atoms with Crippen molar-refractivity contribution in [3.63, 3.8) is 0 Å². The monoisotopic (exact) mass is 218 g/mol. The van der Waals surface area contributed by atoms with Gasteiger partial charge in [-0.1, -0.05) is 6.92 Å². The second-order valence-corrected chi connectivity index (χ2v) is 3.87. The Kier molecular flexibility index (Phi) is 3.77. The van der Waals surface area contributed by atoms with Gasteiger partial charge in [-0.25, -0.2) is 4.98 Å². The van der Waals surface area contributed by atoms with Crippen molar-refractivity contribution in [2.45, 2.75) is 33.0 Å². The zero-order valence-electron chi connectivity index (χ0n) is 9.61. The number of H-pyrrole nitrogens is 1. The highest BCUT2D eigenvalue weighted by molar-refractivity contribution is 5.07. The Hall–Kier alpha value is -1.55. The van der Waals surface area contributed by atoms with E-state index in [2.05, 4.69) is 45.1 Å². The summed E-state index contributed by atoms with van der Waals surface area (Å²) in [4.78, 5) is 7.06. The summed E-state index contributed by atoms with van der Waals surface area (Å²) in [5, 5.41) is 3.40. The summed E-state index contributed by atoms with van der Waals surface area (Å²) in [5.41, 5.74) is 2.45. The molecule has 4 heteroatoms. The summed E-state index contributed by atoms with van der Waals surface area (Å²) in [5.74, 6) is 0. The molecule has 0 aliphatic carbocycles. The summed E-state index contributed by atoms with van der Waals surface area (Å²) < 4.78 is 2.29. The molecule has 4 nitrogen and oxygen atoms in total. The van der Waals surface area contributed by atoms with Crippen LogP contribution >= 0.6 is 0 Å². The summed E-state index contributed by atoms with van der Waals surface area (Å²) in [6.07, 6.45) is 6.85. The first-order chi connectivity index (χ1) is 7.90. The molecule has 0 spiro atoms. The minimum atomic E-state index is 0.831. The van der Waals surface area contributed by atoms with E-state index in [1.54, 1.807) is 6.33 Å². The van der Waals surface area contributed by atoms with Gasteiger partial charge in [0.05, 0.1) is 6.33 Å². The Bertz CT molecular complexity index is 402. The Morgan fingerprint density at radius 3 is 3.12 bits per heavy atom. The van der Waals surface area contributed by atoms with Gasteiger partial charge in [0, 0.05) is 43.4 Å². The van der Waals surface area contributed by atoms with Crippen LogP contribution in [0.5, 0.6) is 0 Å². The van der Waals surface area contributed by atoms with Crippen LogP contribution in [0.4, 0.5) is 0 Å². The van der Waals surface area contributed by atoms with Crippen LogP contribution in [0.3, 0.4) is 0 Å². The molecule has 2 heterocycles. The highest BCUT2D eigenvalue weighted by Crippen LogP contribution is 2.03. The average molecular weight is 218 g/mol. The smallest absolute Gasteiger partial charge is 0.0922 e. The maximum atomic E-state index is 3.98. The molecule has 0 radical (unpaired) electrons. The van der Waals surface area contributed by atoms with Gasteiger partial charge in [-0.3, -0.25) is 0 Å². The molecular weight excluding hydrogens is 200 g/mol. The lowest BCUT2D eigenvalue weighted by Crippen LogP contribution is -2.15. The van der Waals surface area contributed by atoms with Crippen molar-refractivity contribution in [3.8, 4) is 0 Å². The van der Waals surface area contributed by atoms with Crippen LogP contribution in [0.1, 0.15) is 24.7 Å². The van der Waals surface area contributed by atoms with E-state index in [4.69, 9.17) is 0 Å². The fourth-order valence-electron chi connectivity index (χ4n) is 1.78. The number of nitrogens with zero attached hydrogens (tertiary/aromatic N) is 2. The first-order valence-corrected chi connectivity index (χ1v) is 5.72. The van der Waals surface area contributed by atoms with Crippen LogP contribution in [0.25, 0.3) is 0 Å². The molecule has 0 aliphatic heterocycles. The second-order valence-electron chi connectivity index (χ2n) is 3.87. The Morgan fingerprint density at radius 1 is 1.44 bits per heavy atom. The first-order valence-electron chi connectivity index (χ1n) is 5.72. The Balaban J connectivity index is 1.82. The zero-order valence-corrected chi connectivity index (χ0v) is 9.61. The SMILES string of the molecule is CCCn1cccc1CNCc1cnc[nH]1. The number of rotatable bonds is 6. The minimum absolute atomic E-state index is 0.831. The van der Waals surface area contributed by atoms with E-state index < -0.39 is 0 Å². The number of aryl methyl sites for hydroxylation is 1. The fraction of sp³-hybridized carbons (Fsp3) is 0.417. The predicted molar refractivity (Wildman–Crippen MR) is 63.9 cm³/mol. The molecule has 0 fully saturated rings. The fourth-order valence-corrected chi connectivity index (χ4v) is 1.78. The van der Waals surface area contributed by atoms with Crippen molar-refractivity contribution in [2.24, 2.45) is 0 Å². The molecule has 0 saturated carbocycles. The van der Waals surface area contributed by atoms with E-state index in [1.165, 1.54) is 12.1 Å². The highest BCUT2D eigenvalue weighted by atomic mass is 15.0. The van der Waals surface area contributed by atoms with Gasteiger partial charge in [0.2, 0.25) is 0 Å². The molecule has 16 heavy (non-hydrogen) atoms. The number of aromatic amines is 1. The van der Waals surface area contributed by atoms with Crippen LogP contribution in [-0.4, -0.2) is 14.5 Å². The van der Waals surface area contributed by atoms with Gasteiger partial charge >= 0.3 is 0 Å². The molecular formula is C12H18N4. The van der Waals surface area contributed by atoms with Gasteiger partial charge < -0.3 is 14.9 Å². The molecule has 2 rings (SSSR count). The predicted octanol–water partition coefficient (Wildman–Crippen LogP) is 1.91. The van der Waals surface area contributed by atoms with Crippen molar-refractivity contribution in [2.75, 3.05) is 0 Å². The molecule has 0 aromatic carbocycles. The van der Waals surface area contributed by atoms with Crippen LogP contribution in [-0.2, 0) is 19.6 Å². The normalized spacial score (nSPS) is 10.8. The summed E-state index contributed by atoms with van der Waals surface area (Å²) in [7, 11) is 0. The molecule has 2 aromatic heterocycles. The molecule has 0 aliphatic rings. The first kappa shape index (κ1) is 11.0. The maximum Gasteiger partial charge on any atom is 0.0922 e. The lowest BCUT2D eigenvalue weighted by atomic mass is 10.4. The average Bonchev–Trinajstić information content (AvgIpc) is 2.91. The molecule has 86 valence electrons. The Morgan fingerprint density at radius 2 is 2.38 bits per heavy atom. The standard InChI is InChI=1S/C12H18N4/c1-2-5-16-6-3-4-12(16)9-13-7-11-8-14-10-15-11/h3-4,6,8,10,13H,2,5,7,9H2,1H3,(H,14,15). The molecule has 0 saturated heterocycles. The third kappa shape index (κ3) is 2.73. The number of hydrogen-bond acceptors (Lipinski definition) is 2. The molecule has 0 amide bonds. The van der Waals surface area contributed by atoms with E-state index in [9.17, 15) is 0 Å². The van der Waals surface area contributed by atoms with Crippen LogP contribution in [0.15, 0.2) is 30.9 Å². The van der Waals surface area contributed by atoms with Crippen molar-refractivity contribution in [1.82, 2.24) is 19.9 Å². The van der Waals surface area contributed by atoms with E-state index >= 15 is 0 Å². The van der Waals surface area contributed by atoms with Crippen LogP contribution in [0, 0.1) is 0 Å². The van der Waals surface area contributed by atoms with Crippen molar-refractivity contribution >= 4 is 0 Å². The van der Waals surface area contributed by atoms with E-state index in [-0.39, 0.29) is 0 Å². The van der Waals surface area contributed by atoms with E-state index in [1.807, 2.05) is 6.20 Å². The largest absolute Gasteiger partial charge is 0.350 e. The highest BCUT2D eigenvalue weighted by Gasteiger charge is 1.99. The van der Waals surface area contributed by atoms with Crippen LogP contribution in [0.2, 0.25) is 0 Å². The maximum absolute atomic E-state index is 3.98. The Labute approximate surface area is 95.7 Å². The lowest BCUT2D eigenvalue weighted by molar-refractivity contribution is 0.599. The molecule has 0 atom stereocenters. The third-order valence-corrected chi connectivity index (χ3v) is 2.56. The number of nitrogens with one attached hydrogen (secondary N) is 2. The third-order valence-electron chi connectivity index (χ3n) is 2.56. The zero-order chi connectivity index (χ0) is 11.2. The van der Waals surface area contributed by atoms with Gasteiger partial charge in [-0.05, 0) is 18.6 Å². The molecule has 0 bridgehead atoms. The number of aromatic nitrogens is 3. The summed E-state index contributed by atoms with van der Waals surface area (Å²) in [6, 6.07) is 4.26. The van der Waals surface area contributed by atoms with Crippen molar-refractivity contribution in [1.29, 1.82) is 0 Å². The molecule has 2 aromatic rings. The van der Waals surface area contributed by atoms with Crippen molar-refractivity contribution in [3.05, 3.63) is 42.2 Å². The van der Waals surface area contributed by atoms with E-state index in [0.29, 0.717) is 0 Å². The van der Waals surface area contributed by atoms with Crippen molar-refractivity contribution < 1.29 is 0 Å². The quantitative estimate of drug-likeness (QED) is 0.778. The molecule has 2 N–H and O–H groups in total.